The van der Waals surface area contributed by atoms with Gasteiger partial charge in [0.05, 0.1) is 5.69 Å². The Morgan fingerprint density at radius 1 is 1.50 bits per heavy atom. The van der Waals surface area contributed by atoms with Crippen molar-refractivity contribution in [3.63, 3.8) is 0 Å². The van der Waals surface area contributed by atoms with Crippen molar-refractivity contribution in [2.45, 2.75) is 24.7 Å². The van der Waals surface area contributed by atoms with Gasteiger partial charge in [0, 0.05) is 37.8 Å². The monoisotopic (exact) mass is 277 g/mol. The fourth-order valence-corrected chi connectivity index (χ4v) is 3.25. The topological polar surface area (TPSA) is 29.0 Å². The van der Waals surface area contributed by atoms with Crippen LogP contribution < -0.4 is 0 Å². The van der Waals surface area contributed by atoms with Crippen LogP contribution in [0.1, 0.15) is 16.8 Å². The molecule has 1 aliphatic rings. The first-order valence-corrected chi connectivity index (χ1v) is 8.14. The second-order valence-corrected chi connectivity index (χ2v) is 5.97. The van der Waals surface area contributed by atoms with Crippen LogP contribution in [-0.2, 0) is 19.5 Å². The van der Waals surface area contributed by atoms with Crippen molar-refractivity contribution in [1.29, 1.82) is 0 Å². The van der Waals surface area contributed by atoms with E-state index in [2.05, 4.69) is 31.7 Å². The van der Waals surface area contributed by atoms with Gasteiger partial charge in [-0.25, -0.2) is 9.97 Å². The van der Waals surface area contributed by atoms with E-state index in [9.17, 15) is 0 Å². The number of nitrogens with zero attached hydrogens (tertiary/aromatic N) is 3. The maximum atomic E-state index is 4.59. The lowest BCUT2D eigenvalue weighted by Gasteiger charge is -2.27. The number of thiophene rings is 1. The zero-order chi connectivity index (χ0) is 12.4. The van der Waals surface area contributed by atoms with Crippen molar-refractivity contribution in [3.8, 4) is 0 Å². The number of thioether (sulfide) groups is 1. The third kappa shape index (κ3) is 2.58. The minimum atomic E-state index is 0.889. The SMILES string of the molecule is CSc1ncc2c(n1)CCN(Cc1ccsc1)C2. The zero-order valence-electron chi connectivity index (χ0n) is 10.3. The van der Waals surface area contributed by atoms with Crippen LogP contribution >= 0.6 is 23.1 Å². The third-order valence-electron chi connectivity index (χ3n) is 3.16. The van der Waals surface area contributed by atoms with Crippen LogP contribution in [0.25, 0.3) is 0 Å². The van der Waals surface area contributed by atoms with E-state index in [0.29, 0.717) is 0 Å². The summed E-state index contributed by atoms with van der Waals surface area (Å²) in [4.78, 5) is 11.4. The van der Waals surface area contributed by atoms with Crippen molar-refractivity contribution >= 4 is 23.1 Å². The molecule has 5 heteroatoms. The molecule has 0 fully saturated rings. The van der Waals surface area contributed by atoms with Crippen molar-refractivity contribution < 1.29 is 0 Å². The quantitative estimate of drug-likeness (QED) is 0.637. The molecule has 0 N–H and O–H groups in total. The summed E-state index contributed by atoms with van der Waals surface area (Å²) in [6, 6.07) is 2.20. The third-order valence-corrected chi connectivity index (χ3v) is 4.45. The second kappa shape index (κ2) is 5.38. The molecule has 0 aliphatic carbocycles. The Balaban J connectivity index is 1.73. The van der Waals surface area contributed by atoms with Gasteiger partial charge in [0.1, 0.15) is 0 Å². The molecule has 0 amide bonds. The van der Waals surface area contributed by atoms with Gasteiger partial charge in [-0.3, -0.25) is 4.90 Å². The van der Waals surface area contributed by atoms with Crippen molar-refractivity contribution in [3.05, 3.63) is 39.8 Å². The Kier molecular flexibility index (Phi) is 3.63. The Hall–Kier alpha value is -0.910. The van der Waals surface area contributed by atoms with Crippen LogP contribution in [0.2, 0.25) is 0 Å². The van der Waals surface area contributed by atoms with E-state index in [-0.39, 0.29) is 0 Å². The first-order valence-electron chi connectivity index (χ1n) is 5.97. The van der Waals surface area contributed by atoms with Crippen molar-refractivity contribution in [2.24, 2.45) is 0 Å². The smallest absolute Gasteiger partial charge is 0.187 e. The van der Waals surface area contributed by atoms with Gasteiger partial charge in [0.15, 0.2) is 5.16 Å². The maximum Gasteiger partial charge on any atom is 0.187 e. The average Bonchev–Trinajstić information content (AvgIpc) is 2.91. The van der Waals surface area contributed by atoms with Gasteiger partial charge in [-0.1, -0.05) is 11.8 Å². The van der Waals surface area contributed by atoms with Crippen LogP contribution in [0.3, 0.4) is 0 Å². The largest absolute Gasteiger partial charge is 0.294 e. The highest BCUT2D eigenvalue weighted by atomic mass is 32.2. The summed E-state index contributed by atoms with van der Waals surface area (Å²) in [5.41, 5.74) is 3.93. The summed E-state index contributed by atoms with van der Waals surface area (Å²) in [6.07, 6.45) is 5.05. The first-order chi connectivity index (χ1) is 8.85. The molecule has 3 heterocycles. The standard InChI is InChI=1S/C13H15N3S2/c1-17-13-14-6-11-8-16(4-2-12(11)15-13)7-10-3-5-18-9-10/h3,5-6,9H,2,4,7-8H2,1H3. The molecule has 0 atom stereocenters. The maximum absolute atomic E-state index is 4.59. The van der Waals surface area contributed by atoms with Crippen LogP contribution in [0, 0.1) is 0 Å². The molecule has 0 bridgehead atoms. The van der Waals surface area contributed by atoms with E-state index < -0.39 is 0 Å². The van der Waals surface area contributed by atoms with Gasteiger partial charge in [-0.2, -0.15) is 11.3 Å². The van der Waals surface area contributed by atoms with E-state index >= 15 is 0 Å². The highest BCUT2D eigenvalue weighted by Gasteiger charge is 2.18. The number of rotatable bonds is 3. The predicted molar refractivity (Wildman–Crippen MR) is 76.0 cm³/mol. The first kappa shape index (κ1) is 12.1. The second-order valence-electron chi connectivity index (χ2n) is 4.42. The Morgan fingerprint density at radius 3 is 3.22 bits per heavy atom. The van der Waals surface area contributed by atoms with Crippen LogP contribution in [0.4, 0.5) is 0 Å². The molecule has 0 aromatic carbocycles. The highest BCUT2D eigenvalue weighted by molar-refractivity contribution is 7.98. The van der Waals surface area contributed by atoms with Gasteiger partial charge in [0.25, 0.3) is 0 Å². The van der Waals surface area contributed by atoms with Gasteiger partial charge in [-0.05, 0) is 28.6 Å². The molecular formula is C13H15N3S2. The molecule has 0 saturated carbocycles. The summed E-state index contributed by atoms with van der Waals surface area (Å²) in [5.74, 6) is 0. The molecule has 0 unspecified atom stereocenters. The molecule has 3 nitrogen and oxygen atoms in total. The summed E-state index contributed by atoms with van der Waals surface area (Å²) in [6.45, 7) is 3.10. The Labute approximate surface area is 115 Å². The molecule has 2 aromatic rings. The van der Waals surface area contributed by atoms with Gasteiger partial charge in [-0.15, -0.1) is 0 Å². The van der Waals surface area contributed by atoms with Crippen LogP contribution in [0.15, 0.2) is 28.2 Å². The molecule has 0 spiro atoms. The number of fused-ring (bicyclic) bond motifs is 1. The molecule has 3 rings (SSSR count). The molecule has 1 aliphatic heterocycles. The number of hydrogen-bond acceptors (Lipinski definition) is 5. The van der Waals surface area contributed by atoms with Gasteiger partial charge >= 0.3 is 0 Å². The van der Waals surface area contributed by atoms with Gasteiger partial charge < -0.3 is 0 Å². The highest BCUT2D eigenvalue weighted by Crippen LogP contribution is 2.21. The summed E-state index contributed by atoms with van der Waals surface area (Å²) in [5, 5.41) is 5.25. The molecular weight excluding hydrogens is 262 g/mol. The lowest BCUT2D eigenvalue weighted by Crippen LogP contribution is -2.30. The number of hydrogen-bond donors (Lipinski definition) is 0. The summed E-state index contributed by atoms with van der Waals surface area (Å²) >= 11 is 3.38. The summed E-state index contributed by atoms with van der Waals surface area (Å²) < 4.78 is 0. The van der Waals surface area contributed by atoms with E-state index in [4.69, 9.17) is 0 Å². The van der Waals surface area contributed by atoms with Crippen molar-refractivity contribution in [2.75, 3.05) is 12.8 Å². The average molecular weight is 277 g/mol. The fraction of sp³-hybridized carbons (Fsp3) is 0.385. The van der Waals surface area contributed by atoms with Crippen molar-refractivity contribution in [1.82, 2.24) is 14.9 Å². The van der Waals surface area contributed by atoms with E-state index in [1.54, 1.807) is 23.1 Å². The summed E-state index contributed by atoms with van der Waals surface area (Å²) in [7, 11) is 0. The molecule has 0 radical (unpaired) electrons. The number of aromatic nitrogens is 2. The van der Waals surface area contributed by atoms with Crippen LogP contribution in [0.5, 0.6) is 0 Å². The van der Waals surface area contributed by atoms with E-state index in [1.165, 1.54) is 16.8 Å². The van der Waals surface area contributed by atoms with Crippen LogP contribution in [-0.4, -0.2) is 27.7 Å². The van der Waals surface area contributed by atoms with E-state index in [1.807, 2.05) is 12.5 Å². The lowest BCUT2D eigenvalue weighted by molar-refractivity contribution is 0.242. The fourth-order valence-electron chi connectivity index (χ4n) is 2.23. The minimum absolute atomic E-state index is 0.889. The van der Waals surface area contributed by atoms with Gasteiger partial charge in [0.2, 0.25) is 0 Å². The molecule has 18 heavy (non-hydrogen) atoms. The normalized spacial score (nSPS) is 15.6. The predicted octanol–water partition coefficient (Wildman–Crippen LogP) is 2.82. The minimum Gasteiger partial charge on any atom is -0.294 e. The molecule has 2 aromatic heterocycles. The lowest BCUT2D eigenvalue weighted by atomic mass is 10.1. The Bertz CT molecular complexity index is 525. The molecule has 0 saturated heterocycles. The zero-order valence-corrected chi connectivity index (χ0v) is 11.9. The molecule has 94 valence electrons. The van der Waals surface area contributed by atoms with E-state index in [0.717, 1.165) is 31.2 Å². The Morgan fingerprint density at radius 2 is 2.44 bits per heavy atom.